The van der Waals surface area contributed by atoms with E-state index in [9.17, 15) is 0 Å². The minimum Gasteiger partial charge on any atom is -0.370 e. The lowest BCUT2D eigenvalue weighted by atomic mass is 10.1. The van der Waals surface area contributed by atoms with Crippen LogP contribution in [0.25, 0.3) is 11.4 Å². The summed E-state index contributed by atoms with van der Waals surface area (Å²) in [6.07, 6.45) is 1.06. The average Bonchev–Trinajstić information content (AvgIpc) is 2.39. The molecular formula is C15H18ClN3. The minimum atomic E-state index is 0.709. The van der Waals surface area contributed by atoms with Crippen LogP contribution in [0.3, 0.4) is 0 Å². The summed E-state index contributed by atoms with van der Waals surface area (Å²) in [5.74, 6) is 1.57. The number of hydrogen-bond donors (Lipinski definition) is 1. The summed E-state index contributed by atoms with van der Waals surface area (Å²) in [4.78, 5) is 9.00. The third-order valence-electron chi connectivity index (χ3n) is 2.84. The second kappa shape index (κ2) is 6.02. The molecule has 3 nitrogen and oxygen atoms in total. The first-order valence-corrected chi connectivity index (χ1v) is 6.84. The van der Waals surface area contributed by atoms with Crippen LogP contribution >= 0.6 is 11.6 Å². The van der Waals surface area contributed by atoms with E-state index in [1.807, 2.05) is 38.1 Å². The Morgan fingerprint density at radius 2 is 1.95 bits per heavy atom. The molecule has 1 aromatic carbocycles. The molecule has 2 rings (SSSR count). The van der Waals surface area contributed by atoms with Gasteiger partial charge in [-0.2, -0.15) is 0 Å². The van der Waals surface area contributed by atoms with Crippen LogP contribution in [-0.2, 0) is 0 Å². The highest BCUT2D eigenvalue weighted by atomic mass is 35.5. The summed E-state index contributed by atoms with van der Waals surface area (Å²) in [5, 5.41) is 4.03. The molecule has 1 heterocycles. The Labute approximate surface area is 119 Å². The summed E-state index contributed by atoms with van der Waals surface area (Å²) in [7, 11) is 0. The number of hydrogen-bond acceptors (Lipinski definition) is 3. The molecule has 1 aromatic heterocycles. The van der Waals surface area contributed by atoms with Gasteiger partial charge in [0.15, 0.2) is 5.82 Å². The van der Waals surface area contributed by atoms with Crippen LogP contribution in [0.15, 0.2) is 24.3 Å². The molecule has 0 aliphatic heterocycles. The van der Waals surface area contributed by atoms with Gasteiger partial charge in [-0.05, 0) is 31.9 Å². The zero-order valence-corrected chi connectivity index (χ0v) is 12.3. The zero-order chi connectivity index (χ0) is 13.8. The molecule has 0 bridgehead atoms. The number of nitrogens with zero attached hydrogens (tertiary/aromatic N) is 2. The van der Waals surface area contributed by atoms with Gasteiger partial charge in [-0.15, -0.1) is 0 Å². The van der Waals surface area contributed by atoms with Gasteiger partial charge in [0, 0.05) is 28.9 Å². The van der Waals surface area contributed by atoms with Gasteiger partial charge in [0.2, 0.25) is 0 Å². The second-order valence-electron chi connectivity index (χ2n) is 4.61. The van der Waals surface area contributed by atoms with Crippen LogP contribution < -0.4 is 5.32 Å². The first-order valence-electron chi connectivity index (χ1n) is 6.46. The lowest BCUT2D eigenvalue weighted by molar-refractivity contribution is 0.962. The molecule has 0 aliphatic rings. The van der Waals surface area contributed by atoms with Gasteiger partial charge in [0.05, 0.1) is 0 Å². The van der Waals surface area contributed by atoms with E-state index in [-0.39, 0.29) is 0 Å². The van der Waals surface area contributed by atoms with Crippen LogP contribution in [-0.4, -0.2) is 16.5 Å². The molecule has 0 spiro atoms. The highest BCUT2D eigenvalue weighted by molar-refractivity contribution is 6.31. The van der Waals surface area contributed by atoms with Crippen LogP contribution in [0, 0.1) is 13.8 Å². The summed E-state index contributed by atoms with van der Waals surface area (Å²) >= 11 is 6.16. The fourth-order valence-electron chi connectivity index (χ4n) is 1.77. The number of nitrogens with one attached hydrogen (secondary N) is 1. The number of halogens is 1. The molecule has 0 saturated heterocycles. The van der Waals surface area contributed by atoms with Crippen LogP contribution in [0.2, 0.25) is 5.02 Å². The largest absolute Gasteiger partial charge is 0.370 e. The molecule has 0 fully saturated rings. The topological polar surface area (TPSA) is 37.8 Å². The SMILES string of the molecule is CCCNc1cc(C)nc(-c2ccc(C)c(Cl)c2)n1. The van der Waals surface area contributed by atoms with Crippen molar-refractivity contribution in [3.63, 3.8) is 0 Å². The Morgan fingerprint density at radius 3 is 2.63 bits per heavy atom. The van der Waals surface area contributed by atoms with Crippen LogP contribution in [0.4, 0.5) is 5.82 Å². The van der Waals surface area contributed by atoms with Gasteiger partial charge in [-0.1, -0.05) is 30.7 Å². The average molecular weight is 276 g/mol. The van der Waals surface area contributed by atoms with Gasteiger partial charge >= 0.3 is 0 Å². The van der Waals surface area contributed by atoms with Crippen molar-refractivity contribution >= 4 is 17.4 Å². The maximum absolute atomic E-state index is 6.16. The fraction of sp³-hybridized carbons (Fsp3) is 0.333. The molecule has 2 aromatic rings. The highest BCUT2D eigenvalue weighted by Gasteiger charge is 2.06. The molecule has 4 heteroatoms. The van der Waals surface area contributed by atoms with E-state index in [1.165, 1.54) is 0 Å². The summed E-state index contributed by atoms with van der Waals surface area (Å²) in [6, 6.07) is 7.85. The summed E-state index contributed by atoms with van der Waals surface area (Å²) in [6.45, 7) is 6.99. The Morgan fingerprint density at radius 1 is 1.16 bits per heavy atom. The number of benzene rings is 1. The Kier molecular flexibility index (Phi) is 4.38. The molecule has 0 radical (unpaired) electrons. The molecule has 100 valence electrons. The molecule has 1 N–H and O–H groups in total. The van der Waals surface area contributed by atoms with Crippen molar-refractivity contribution < 1.29 is 0 Å². The lowest BCUT2D eigenvalue weighted by Crippen LogP contribution is -2.04. The second-order valence-corrected chi connectivity index (χ2v) is 5.02. The number of aromatic nitrogens is 2. The van der Waals surface area contributed by atoms with Crippen molar-refractivity contribution in [2.75, 3.05) is 11.9 Å². The third kappa shape index (κ3) is 3.44. The normalized spacial score (nSPS) is 10.5. The molecule has 0 unspecified atom stereocenters. The fourth-order valence-corrected chi connectivity index (χ4v) is 1.95. The zero-order valence-electron chi connectivity index (χ0n) is 11.5. The van der Waals surface area contributed by atoms with Crippen molar-refractivity contribution in [2.24, 2.45) is 0 Å². The number of aryl methyl sites for hydroxylation is 2. The van der Waals surface area contributed by atoms with E-state index in [0.29, 0.717) is 5.82 Å². The summed E-state index contributed by atoms with van der Waals surface area (Å²) < 4.78 is 0. The summed E-state index contributed by atoms with van der Waals surface area (Å²) in [5.41, 5.74) is 2.95. The monoisotopic (exact) mass is 275 g/mol. The van der Waals surface area contributed by atoms with E-state index >= 15 is 0 Å². The Hall–Kier alpha value is -1.61. The molecule has 0 amide bonds. The van der Waals surface area contributed by atoms with Crippen molar-refractivity contribution in [1.29, 1.82) is 0 Å². The maximum Gasteiger partial charge on any atom is 0.161 e. The van der Waals surface area contributed by atoms with E-state index < -0.39 is 0 Å². The van der Waals surface area contributed by atoms with E-state index in [0.717, 1.165) is 40.6 Å². The number of anilines is 1. The molecule has 0 atom stereocenters. The van der Waals surface area contributed by atoms with Crippen molar-refractivity contribution in [2.45, 2.75) is 27.2 Å². The highest BCUT2D eigenvalue weighted by Crippen LogP contribution is 2.24. The standard InChI is InChI=1S/C15H18ClN3/c1-4-7-17-14-8-11(3)18-15(19-14)12-6-5-10(2)13(16)9-12/h5-6,8-9H,4,7H2,1-3H3,(H,17,18,19). The maximum atomic E-state index is 6.16. The lowest BCUT2D eigenvalue weighted by Gasteiger charge is -2.08. The minimum absolute atomic E-state index is 0.709. The van der Waals surface area contributed by atoms with Gasteiger partial charge in [0.25, 0.3) is 0 Å². The smallest absolute Gasteiger partial charge is 0.161 e. The first kappa shape index (κ1) is 13.8. The predicted molar refractivity (Wildman–Crippen MR) is 80.7 cm³/mol. The third-order valence-corrected chi connectivity index (χ3v) is 3.25. The molecular weight excluding hydrogens is 258 g/mol. The van der Waals surface area contributed by atoms with Gasteiger partial charge in [-0.3, -0.25) is 0 Å². The van der Waals surface area contributed by atoms with Gasteiger partial charge in [-0.25, -0.2) is 9.97 Å². The number of rotatable bonds is 4. The Balaban J connectivity index is 2.37. The molecule has 0 saturated carbocycles. The quantitative estimate of drug-likeness (QED) is 0.907. The van der Waals surface area contributed by atoms with Crippen LogP contribution in [0.1, 0.15) is 24.6 Å². The van der Waals surface area contributed by atoms with E-state index in [4.69, 9.17) is 11.6 Å². The molecule has 0 aliphatic carbocycles. The van der Waals surface area contributed by atoms with Gasteiger partial charge < -0.3 is 5.32 Å². The van der Waals surface area contributed by atoms with Crippen LogP contribution in [0.5, 0.6) is 0 Å². The van der Waals surface area contributed by atoms with Gasteiger partial charge in [0.1, 0.15) is 5.82 Å². The molecule has 19 heavy (non-hydrogen) atoms. The van der Waals surface area contributed by atoms with Crippen molar-refractivity contribution in [3.8, 4) is 11.4 Å². The van der Waals surface area contributed by atoms with E-state index in [1.54, 1.807) is 0 Å². The van der Waals surface area contributed by atoms with Crippen molar-refractivity contribution in [3.05, 3.63) is 40.5 Å². The first-order chi connectivity index (χ1) is 9.10. The Bertz CT molecular complexity index is 582. The predicted octanol–water partition coefficient (Wildman–Crippen LogP) is 4.24. The van der Waals surface area contributed by atoms with Crippen molar-refractivity contribution in [1.82, 2.24) is 9.97 Å². The van der Waals surface area contributed by atoms with E-state index in [2.05, 4.69) is 22.2 Å².